The zero-order chi connectivity index (χ0) is 21.1. The van der Waals surface area contributed by atoms with Gasteiger partial charge in [0.05, 0.1) is 21.3 Å². The first kappa shape index (κ1) is 17.6. The second-order valence-corrected chi connectivity index (χ2v) is 8.99. The highest BCUT2D eigenvalue weighted by Crippen LogP contribution is 2.36. The number of nitrogens with zero attached hydrogens (tertiary/aromatic N) is 2. The van der Waals surface area contributed by atoms with E-state index in [-0.39, 0.29) is 0 Å². The average Bonchev–Trinajstić information content (AvgIpc) is 3.50. The first-order chi connectivity index (χ1) is 15.8. The maximum Gasteiger partial charge on any atom is 0.138 e. The number of H-pyrrole nitrogens is 1. The van der Waals surface area contributed by atoms with Gasteiger partial charge in [0.15, 0.2) is 0 Å². The van der Waals surface area contributed by atoms with Gasteiger partial charge in [-0.05, 0) is 22.9 Å². The summed E-state index contributed by atoms with van der Waals surface area (Å²) in [5.74, 6) is 0.886. The van der Waals surface area contributed by atoms with Gasteiger partial charge in [-0.1, -0.05) is 84.9 Å². The van der Waals surface area contributed by atoms with Crippen LogP contribution < -0.4 is 0 Å². The summed E-state index contributed by atoms with van der Waals surface area (Å²) >= 11 is 1.72. The molecule has 0 saturated heterocycles. The van der Waals surface area contributed by atoms with Crippen LogP contribution >= 0.6 is 11.3 Å². The molecule has 150 valence electrons. The van der Waals surface area contributed by atoms with E-state index >= 15 is 0 Å². The highest BCUT2D eigenvalue weighted by atomic mass is 32.1. The van der Waals surface area contributed by atoms with Gasteiger partial charge in [0.1, 0.15) is 10.8 Å². The summed E-state index contributed by atoms with van der Waals surface area (Å²) in [5.41, 5.74) is 5.35. The molecule has 5 aromatic carbocycles. The summed E-state index contributed by atoms with van der Waals surface area (Å²) in [6, 6.07) is 33.8. The number of hydrogen-bond donors (Lipinski definition) is 1. The fourth-order valence-electron chi connectivity index (χ4n) is 4.53. The molecule has 7 aromatic rings. The van der Waals surface area contributed by atoms with Crippen LogP contribution in [0.25, 0.3) is 64.8 Å². The Morgan fingerprint density at radius 3 is 1.97 bits per heavy atom. The quantitative estimate of drug-likeness (QED) is 0.286. The number of fused-ring (bicyclic) bond motifs is 7. The lowest BCUT2D eigenvalue weighted by Crippen LogP contribution is -1.81. The number of hydrogen-bond acceptors (Lipinski definition) is 3. The average molecular weight is 428 g/mol. The van der Waals surface area contributed by atoms with E-state index < -0.39 is 0 Å². The number of aromatic nitrogens is 3. The molecule has 0 aliphatic rings. The molecule has 0 amide bonds. The minimum atomic E-state index is 0.886. The zero-order valence-corrected chi connectivity index (χ0v) is 17.9. The maximum absolute atomic E-state index is 5.03. The van der Waals surface area contributed by atoms with Gasteiger partial charge in [0.25, 0.3) is 0 Å². The molecule has 0 aliphatic carbocycles. The fourth-order valence-corrected chi connectivity index (χ4v) is 5.50. The Kier molecular flexibility index (Phi) is 3.72. The molecule has 0 saturated carbocycles. The summed E-state index contributed by atoms with van der Waals surface area (Å²) < 4.78 is 1.21. The summed E-state index contributed by atoms with van der Waals surface area (Å²) in [6.07, 6.45) is 0. The minimum Gasteiger partial charge on any atom is -0.337 e. The lowest BCUT2D eigenvalue weighted by atomic mass is 10.0. The van der Waals surface area contributed by atoms with Crippen molar-refractivity contribution in [2.45, 2.75) is 0 Å². The number of aromatic amines is 1. The van der Waals surface area contributed by atoms with Crippen LogP contribution in [-0.4, -0.2) is 15.0 Å². The van der Waals surface area contributed by atoms with Gasteiger partial charge in [0.2, 0.25) is 0 Å². The third-order valence-electron chi connectivity index (χ3n) is 6.07. The van der Waals surface area contributed by atoms with Crippen LogP contribution in [0.15, 0.2) is 97.1 Å². The van der Waals surface area contributed by atoms with E-state index in [1.807, 2.05) is 6.07 Å². The molecule has 0 aliphatic heterocycles. The summed E-state index contributed by atoms with van der Waals surface area (Å²) in [6.45, 7) is 0. The second-order valence-electron chi connectivity index (χ2n) is 7.96. The topological polar surface area (TPSA) is 41.6 Å². The van der Waals surface area contributed by atoms with Gasteiger partial charge >= 0.3 is 0 Å². The van der Waals surface area contributed by atoms with Gasteiger partial charge in [-0.2, -0.15) is 0 Å². The molecule has 0 radical (unpaired) electrons. The van der Waals surface area contributed by atoms with Crippen LogP contribution in [0.4, 0.5) is 0 Å². The molecule has 4 heteroatoms. The third kappa shape index (κ3) is 2.60. The molecule has 0 atom stereocenters. The predicted octanol–water partition coefficient (Wildman–Crippen LogP) is 7.81. The smallest absolute Gasteiger partial charge is 0.138 e. The number of para-hydroxylation sites is 1. The Morgan fingerprint density at radius 1 is 0.562 bits per heavy atom. The summed E-state index contributed by atoms with van der Waals surface area (Å²) in [5, 5.41) is 5.90. The number of nitrogens with one attached hydrogen (secondary N) is 1. The van der Waals surface area contributed by atoms with E-state index in [2.05, 4.69) is 96.0 Å². The van der Waals surface area contributed by atoms with Gasteiger partial charge in [-0.3, -0.25) is 0 Å². The zero-order valence-electron chi connectivity index (χ0n) is 17.0. The van der Waals surface area contributed by atoms with Crippen LogP contribution in [0.2, 0.25) is 0 Å². The second kappa shape index (κ2) is 6.74. The number of rotatable bonds is 2. The van der Waals surface area contributed by atoms with Crippen LogP contribution in [0.1, 0.15) is 0 Å². The van der Waals surface area contributed by atoms with Crippen molar-refractivity contribution < 1.29 is 0 Å². The molecule has 3 nitrogen and oxygen atoms in total. The van der Waals surface area contributed by atoms with Crippen molar-refractivity contribution in [1.29, 1.82) is 0 Å². The van der Waals surface area contributed by atoms with Crippen LogP contribution in [0.3, 0.4) is 0 Å². The van der Waals surface area contributed by atoms with Crippen LogP contribution in [0.5, 0.6) is 0 Å². The van der Waals surface area contributed by atoms with E-state index in [0.717, 1.165) is 38.5 Å². The lowest BCUT2D eigenvalue weighted by Gasteiger charge is -2.05. The van der Waals surface area contributed by atoms with Gasteiger partial charge in [-0.15, -0.1) is 11.3 Å². The van der Waals surface area contributed by atoms with Crippen molar-refractivity contribution in [2.75, 3.05) is 0 Å². The Balaban J connectivity index is 1.38. The van der Waals surface area contributed by atoms with Gasteiger partial charge < -0.3 is 4.98 Å². The van der Waals surface area contributed by atoms with E-state index in [9.17, 15) is 0 Å². The maximum atomic E-state index is 5.03. The number of benzene rings is 5. The molecular formula is C28H17N3S. The highest BCUT2D eigenvalue weighted by Gasteiger charge is 2.14. The fraction of sp³-hybridized carbons (Fsp3) is 0. The van der Waals surface area contributed by atoms with Crippen molar-refractivity contribution in [3.63, 3.8) is 0 Å². The van der Waals surface area contributed by atoms with E-state index in [1.54, 1.807) is 11.3 Å². The molecule has 0 spiro atoms. The molecule has 0 fully saturated rings. The van der Waals surface area contributed by atoms with Crippen molar-refractivity contribution in [3.8, 4) is 22.0 Å². The Bertz CT molecular complexity index is 1670. The van der Waals surface area contributed by atoms with Gasteiger partial charge in [0, 0.05) is 21.9 Å². The standard InChI is InChI=1S/C28H17N3S/c1-3-9-21-19(7-1)20-8-2-4-10-22(20)26-25(21)30-27(31-26)17-13-15-18(16-14-17)28-29-23-11-5-6-12-24(23)32-28/h1-16H,(H,30,31). The SMILES string of the molecule is c1ccc2sc(-c3ccc(-c4nc5c6ccccc6c6ccccc6c5[nH]4)cc3)nc2c1. The number of imidazole rings is 1. The first-order valence-corrected chi connectivity index (χ1v) is 11.4. The Labute approximate surface area is 188 Å². The summed E-state index contributed by atoms with van der Waals surface area (Å²) in [4.78, 5) is 13.4. The van der Waals surface area contributed by atoms with Gasteiger partial charge in [-0.25, -0.2) is 9.97 Å². The molecule has 32 heavy (non-hydrogen) atoms. The monoisotopic (exact) mass is 427 g/mol. The Hall–Kier alpha value is -4.02. The van der Waals surface area contributed by atoms with Crippen LogP contribution in [-0.2, 0) is 0 Å². The Morgan fingerprint density at radius 2 is 1.19 bits per heavy atom. The third-order valence-corrected chi connectivity index (χ3v) is 7.16. The molecule has 0 bridgehead atoms. The lowest BCUT2D eigenvalue weighted by molar-refractivity contribution is 1.34. The molecule has 1 N–H and O–H groups in total. The number of thiazole rings is 1. The van der Waals surface area contributed by atoms with Crippen molar-refractivity contribution >= 4 is 54.1 Å². The normalized spacial score (nSPS) is 11.8. The van der Waals surface area contributed by atoms with E-state index in [0.29, 0.717) is 0 Å². The van der Waals surface area contributed by atoms with E-state index in [1.165, 1.54) is 26.2 Å². The first-order valence-electron chi connectivity index (χ1n) is 10.6. The molecule has 2 heterocycles. The predicted molar refractivity (Wildman–Crippen MR) is 135 cm³/mol. The van der Waals surface area contributed by atoms with Crippen LogP contribution in [0, 0.1) is 0 Å². The summed E-state index contributed by atoms with van der Waals surface area (Å²) in [7, 11) is 0. The van der Waals surface area contributed by atoms with Crippen molar-refractivity contribution in [2.24, 2.45) is 0 Å². The minimum absolute atomic E-state index is 0.886. The molecular weight excluding hydrogens is 410 g/mol. The highest BCUT2D eigenvalue weighted by molar-refractivity contribution is 7.21. The van der Waals surface area contributed by atoms with Crippen molar-refractivity contribution in [3.05, 3.63) is 97.1 Å². The molecule has 0 unspecified atom stereocenters. The van der Waals surface area contributed by atoms with E-state index in [4.69, 9.17) is 9.97 Å². The largest absolute Gasteiger partial charge is 0.337 e. The molecule has 2 aromatic heterocycles. The van der Waals surface area contributed by atoms with Crippen molar-refractivity contribution in [1.82, 2.24) is 15.0 Å². The molecule has 7 rings (SSSR count).